The molecule has 0 aromatic heterocycles. The number of hydrogen-bond donors (Lipinski definition) is 0. The molecule has 0 spiro atoms. The van der Waals surface area contributed by atoms with Crippen LogP contribution in [0.25, 0.3) is 0 Å². The molecule has 106 valence electrons. The van der Waals surface area contributed by atoms with E-state index in [1.807, 2.05) is 0 Å². The third-order valence-electron chi connectivity index (χ3n) is 3.21. The number of ketones is 1. The number of carbonyl (C=O) groups excluding carboxylic acids is 1. The van der Waals surface area contributed by atoms with Gasteiger partial charge in [-0.15, -0.1) is 0 Å². The maximum Gasteiger partial charge on any atom is 0.160 e. The summed E-state index contributed by atoms with van der Waals surface area (Å²) in [7, 11) is -3.46. The maximum atomic E-state index is 13.4. The van der Waals surface area contributed by atoms with E-state index in [1.54, 1.807) is 26.8 Å². The van der Waals surface area contributed by atoms with E-state index < -0.39 is 32.4 Å². The van der Waals surface area contributed by atoms with Gasteiger partial charge in [0.15, 0.2) is 15.6 Å². The van der Waals surface area contributed by atoms with E-state index in [2.05, 4.69) is 0 Å². The van der Waals surface area contributed by atoms with Gasteiger partial charge in [0.05, 0.1) is 5.25 Å². The molecule has 1 unspecified atom stereocenters. The van der Waals surface area contributed by atoms with Gasteiger partial charge in [-0.25, -0.2) is 12.8 Å². The number of rotatable bonds is 6. The molecule has 0 heterocycles. The summed E-state index contributed by atoms with van der Waals surface area (Å²) in [5.74, 6) is -1.53. The molecule has 0 N–H and O–H groups in total. The Morgan fingerprint density at radius 3 is 2.32 bits per heavy atom. The largest absolute Gasteiger partial charge is 0.298 e. The van der Waals surface area contributed by atoms with Crippen molar-refractivity contribution in [3.63, 3.8) is 0 Å². The van der Waals surface area contributed by atoms with Crippen LogP contribution in [0.2, 0.25) is 0 Å². The van der Waals surface area contributed by atoms with Crippen LogP contribution in [0.3, 0.4) is 0 Å². The highest BCUT2D eigenvalue weighted by Crippen LogP contribution is 2.14. The predicted molar refractivity (Wildman–Crippen MR) is 73.2 cm³/mol. The molecule has 0 saturated carbocycles. The summed E-state index contributed by atoms with van der Waals surface area (Å²) in [6, 6.07) is 5.90. The molecule has 0 bridgehead atoms. The van der Waals surface area contributed by atoms with Crippen LogP contribution in [-0.4, -0.2) is 25.2 Å². The minimum absolute atomic E-state index is 0.0498. The Bertz CT molecular complexity index is 550. The number of Topliss-reactive ketones (excluding diaryl/α,β-unsaturated/α-hetero) is 1. The van der Waals surface area contributed by atoms with Crippen LogP contribution < -0.4 is 0 Å². The summed E-state index contributed by atoms with van der Waals surface area (Å²) in [6.45, 7) is 5.18. The zero-order chi connectivity index (χ0) is 14.6. The van der Waals surface area contributed by atoms with Crippen LogP contribution in [0.4, 0.5) is 4.39 Å². The standard InChI is InChI=1S/C14H19FO3S/c1-10(2)11(3)19(17,18)9-13(16)8-12-6-4-5-7-14(12)15/h4-7,10-11H,8-9H2,1-3H3. The van der Waals surface area contributed by atoms with Crippen molar-refractivity contribution in [2.24, 2.45) is 5.92 Å². The zero-order valence-corrected chi connectivity index (χ0v) is 12.2. The molecule has 19 heavy (non-hydrogen) atoms. The lowest BCUT2D eigenvalue weighted by atomic mass is 10.1. The number of sulfone groups is 1. The lowest BCUT2D eigenvalue weighted by molar-refractivity contribution is -0.116. The van der Waals surface area contributed by atoms with E-state index >= 15 is 0 Å². The fourth-order valence-corrected chi connectivity index (χ4v) is 3.32. The summed E-state index contributed by atoms with van der Waals surface area (Å²) in [5.41, 5.74) is 0.236. The normalized spacial score (nSPS) is 13.5. The Balaban J connectivity index is 2.74. The number of benzene rings is 1. The van der Waals surface area contributed by atoms with Gasteiger partial charge in [0.1, 0.15) is 11.6 Å². The van der Waals surface area contributed by atoms with Crippen molar-refractivity contribution in [2.45, 2.75) is 32.4 Å². The smallest absolute Gasteiger partial charge is 0.160 e. The Labute approximate surface area is 113 Å². The third-order valence-corrected chi connectivity index (χ3v) is 5.61. The molecule has 0 aliphatic rings. The molecule has 1 aromatic carbocycles. The van der Waals surface area contributed by atoms with Gasteiger partial charge in [-0.1, -0.05) is 32.0 Å². The minimum Gasteiger partial charge on any atom is -0.298 e. The molecular formula is C14H19FO3S. The third kappa shape index (κ3) is 4.42. The monoisotopic (exact) mass is 286 g/mol. The van der Waals surface area contributed by atoms with E-state index in [0.29, 0.717) is 0 Å². The Morgan fingerprint density at radius 2 is 1.79 bits per heavy atom. The SMILES string of the molecule is CC(C)C(C)S(=O)(=O)CC(=O)Cc1ccccc1F. The lowest BCUT2D eigenvalue weighted by Crippen LogP contribution is -2.30. The maximum absolute atomic E-state index is 13.4. The summed E-state index contributed by atoms with van der Waals surface area (Å²) in [6.07, 6.45) is -0.184. The minimum atomic E-state index is -3.46. The number of carbonyl (C=O) groups is 1. The molecule has 1 atom stereocenters. The first kappa shape index (κ1) is 15.8. The Morgan fingerprint density at radius 1 is 1.21 bits per heavy atom. The molecule has 3 nitrogen and oxygen atoms in total. The molecule has 1 aromatic rings. The molecule has 0 fully saturated rings. The topological polar surface area (TPSA) is 51.2 Å². The van der Waals surface area contributed by atoms with E-state index in [0.717, 1.165) is 0 Å². The molecule has 0 aliphatic carbocycles. The first-order valence-corrected chi connectivity index (χ1v) is 7.92. The van der Waals surface area contributed by atoms with Gasteiger partial charge in [0.2, 0.25) is 0 Å². The van der Waals surface area contributed by atoms with Crippen molar-refractivity contribution >= 4 is 15.6 Å². The first-order chi connectivity index (χ1) is 8.74. The van der Waals surface area contributed by atoms with Crippen molar-refractivity contribution in [3.05, 3.63) is 35.6 Å². The highest BCUT2D eigenvalue weighted by Gasteiger charge is 2.26. The molecule has 0 radical (unpaired) electrons. The lowest BCUT2D eigenvalue weighted by Gasteiger charge is -2.15. The summed E-state index contributed by atoms with van der Waals surface area (Å²) < 4.78 is 37.3. The van der Waals surface area contributed by atoms with Gasteiger partial charge >= 0.3 is 0 Å². The van der Waals surface area contributed by atoms with Gasteiger partial charge in [0, 0.05) is 6.42 Å². The molecule has 1 rings (SSSR count). The Hall–Kier alpha value is -1.23. The molecule has 0 aliphatic heterocycles. The second-order valence-corrected chi connectivity index (χ2v) is 7.42. The van der Waals surface area contributed by atoms with E-state index in [1.165, 1.54) is 18.2 Å². The predicted octanol–water partition coefficient (Wildman–Crippen LogP) is 2.40. The summed E-state index contributed by atoms with van der Waals surface area (Å²) in [5, 5.41) is -0.572. The van der Waals surface area contributed by atoms with Crippen molar-refractivity contribution < 1.29 is 17.6 Å². The van der Waals surface area contributed by atoms with Crippen LogP contribution in [-0.2, 0) is 21.1 Å². The molecule has 0 amide bonds. The van der Waals surface area contributed by atoms with E-state index in [9.17, 15) is 17.6 Å². The highest BCUT2D eigenvalue weighted by atomic mass is 32.2. The highest BCUT2D eigenvalue weighted by molar-refractivity contribution is 7.92. The first-order valence-electron chi connectivity index (χ1n) is 6.20. The van der Waals surface area contributed by atoms with Gasteiger partial charge in [0.25, 0.3) is 0 Å². The van der Waals surface area contributed by atoms with Crippen LogP contribution in [0.5, 0.6) is 0 Å². The second kappa shape index (κ2) is 6.28. The van der Waals surface area contributed by atoms with Gasteiger partial charge in [-0.2, -0.15) is 0 Å². The number of hydrogen-bond acceptors (Lipinski definition) is 3. The fraction of sp³-hybridized carbons (Fsp3) is 0.500. The molecular weight excluding hydrogens is 267 g/mol. The van der Waals surface area contributed by atoms with E-state index in [-0.39, 0.29) is 17.9 Å². The summed E-state index contributed by atoms with van der Waals surface area (Å²) in [4.78, 5) is 11.8. The number of halogens is 1. The van der Waals surface area contributed by atoms with E-state index in [4.69, 9.17) is 0 Å². The van der Waals surface area contributed by atoms with Gasteiger partial charge in [-0.05, 0) is 24.5 Å². The summed E-state index contributed by atoms with van der Waals surface area (Å²) >= 11 is 0. The van der Waals surface area contributed by atoms with Crippen molar-refractivity contribution in [2.75, 3.05) is 5.75 Å². The quantitative estimate of drug-likeness (QED) is 0.807. The second-order valence-electron chi connectivity index (χ2n) is 5.06. The van der Waals surface area contributed by atoms with Crippen LogP contribution in [0.1, 0.15) is 26.3 Å². The fourth-order valence-electron chi connectivity index (χ4n) is 1.68. The zero-order valence-electron chi connectivity index (χ0n) is 11.4. The Kier molecular flexibility index (Phi) is 5.23. The van der Waals surface area contributed by atoms with Crippen molar-refractivity contribution in [1.82, 2.24) is 0 Å². The molecule has 0 saturated heterocycles. The van der Waals surface area contributed by atoms with Crippen molar-refractivity contribution in [3.8, 4) is 0 Å². The van der Waals surface area contributed by atoms with Crippen molar-refractivity contribution in [1.29, 1.82) is 0 Å². The van der Waals surface area contributed by atoms with Crippen LogP contribution in [0, 0.1) is 11.7 Å². The van der Waals surface area contributed by atoms with Crippen LogP contribution in [0.15, 0.2) is 24.3 Å². The van der Waals surface area contributed by atoms with Gasteiger partial charge < -0.3 is 0 Å². The average Bonchev–Trinajstić information content (AvgIpc) is 2.30. The van der Waals surface area contributed by atoms with Crippen LogP contribution >= 0.6 is 0 Å². The molecule has 5 heteroatoms. The average molecular weight is 286 g/mol. The van der Waals surface area contributed by atoms with Gasteiger partial charge in [-0.3, -0.25) is 4.79 Å².